The molecule has 236 valence electrons. The first-order valence-corrected chi connectivity index (χ1v) is 12.8. The zero-order chi connectivity index (χ0) is 32.9. The lowest BCUT2D eigenvalue weighted by Crippen LogP contribution is -2.58. The van der Waals surface area contributed by atoms with Gasteiger partial charge in [0.2, 0.25) is 41.4 Å². The number of aliphatic carboxylic acids is 2. The molecule has 9 N–H and O–H groups in total. The summed E-state index contributed by atoms with van der Waals surface area (Å²) in [7, 11) is 0. The lowest BCUT2D eigenvalue weighted by Gasteiger charge is -2.23. The van der Waals surface area contributed by atoms with Crippen molar-refractivity contribution in [2.24, 2.45) is 0 Å². The summed E-state index contributed by atoms with van der Waals surface area (Å²) in [6.07, 6.45) is -0.880. The second-order valence-corrected chi connectivity index (χ2v) is 9.57. The van der Waals surface area contributed by atoms with Crippen LogP contribution in [-0.2, 0) is 43.2 Å². The molecule has 18 nitrogen and oxygen atoms in total. The van der Waals surface area contributed by atoms with Crippen molar-refractivity contribution in [3.63, 3.8) is 0 Å². The van der Waals surface area contributed by atoms with Crippen molar-refractivity contribution in [2.45, 2.75) is 97.2 Å². The van der Waals surface area contributed by atoms with Crippen LogP contribution in [0.1, 0.15) is 54.9 Å². The third-order valence-corrected chi connectivity index (χ3v) is 5.57. The van der Waals surface area contributed by atoms with Gasteiger partial charge < -0.3 is 47.4 Å². The van der Waals surface area contributed by atoms with E-state index in [1.54, 1.807) is 0 Å². The first kappa shape index (κ1) is 37.2. The Kier molecular flexibility index (Phi) is 15.2. The van der Waals surface area contributed by atoms with Crippen LogP contribution >= 0.6 is 0 Å². The lowest BCUT2D eigenvalue weighted by molar-refractivity contribution is -0.147. The maximum atomic E-state index is 12.5. The predicted octanol–water partition coefficient (Wildman–Crippen LogP) is -3.92. The summed E-state index contributed by atoms with van der Waals surface area (Å²) in [4.78, 5) is 107. The third kappa shape index (κ3) is 13.5. The standard InChI is InChI=1S/C24H39N7O11/c1-9(25-15(7)32)18(35)26-10(2)19(36)27-11(3)20(37)28-12(4)21(38)29-13(5)22(39)30-14(6)23(40)31-16(24(41)42)8-17(33)34/h9-14,16H,8H2,1-7H3,(H,25,32)(H,26,35)(H,27,36)(H,28,37)(H,29,38)(H,30,39)(H,31,40)(H,33,34)(H,41,42)/t9-,10-,11-,12-,13-,14-,16-/m0/s1. The predicted molar refractivity (Wildman–Crippen MR) is 143 cm³/mol. The van der Waals surface area contributed by atoms with Gasteiger partial charge in [0.1, 0.15) is 42.3 Å². The van der Waals surface area contributed by atoms with Gasteiger partial charge in [-0.15, -0.1) is 0 Å². The first-order chi connectivity index (χ1) is 19.3. The average Bonchev–Trinajstić information content (AvgIpc) is 2.86. The molecule has 0 aromatic rings. The Labute approximate surface area is 241 Å². The normalized spacial score (nSPS) is 15.5. The molecule has 0 spiro atoms. The molecule has 0 bridgehead atoms. The van der Waals surface area contributed by atoms with Crippen LogP contribution in [-0.4, -0.2) is 106 Å². The lowest BCUT2D eigenvalue weighted by atomic mass is 10.2. The highest BCUT2D eigenvalue weighted by Crippen LogP contribution is 1.97. The molecule has 0 radical (unpaired) electrons. The van der Waals surface area contributed by atoms with Crippen molar-refractivity contribution in [3.8, 4) is 0 Å². The van der Waals surface area contributed by atoms with E-state index in [1.165, 1.54) is 48.5 Å². The van der Waals surface area contributed by atoms with Gasteiger partial charge in [0.25, 0.3) is 0 Å². The topological polar surface area (TPSA) is 278 Å². The molecule has 0 aliphatic rings. The molecule has 0 aliphatic heterocycles. The number of carboxylic acid groups (broad SMARTS) is 2. The summed E-state index contributed by atoms with van der Waals surface area (Å²) in [6.45, 7) is 9.16. The fraction of sp³-hybridized carbons (Fsp3) is 0.625. The minimum atomic E-state index is -1.72. The van der Waals surface area contributed by atoms with E-state index in [2.05, 4.69) is 31.9 Å². The van der Waals surface area contributed by atoms with Crippen molar-refractivity contribution in [3.05, 3.63) is 0 Å². The molecular weight excluding hydrogens is 562 g/mol. The molecule has 0 saturated heterocycles. The highest BCUT2D eigenvalue weighted by molar-refractivity contribution is 5.97. The van der Waals surface area contributed by atoms with Crippen molar-refractivity contribution in [1.29, 1.82) is 0 Å². The Morgan fingerprint density at radius 1 is 0.452 bits per heavy atom. The van der Waals surface area contributed by atoms with Gasteiger partial charge in [-0.1, -0.05) is 0 Å². The summed E-state index contributed by atoms with van der Waals surface area (Å²) >= 11 is 0. The Balaban J connectivity index is 4.83. The molecule has 18 heteroatoms. The van der Waals surface area contributed by atoms with E-state index in [0.717, 1.165) is 0 Å². The van der Waals surface area contributed by atoms with Gasteiger partial charge in [-0.25, -0.2) is 4.79 Å². The molecule has 42 heavy (non-hydrogen) atoms. The van der Waals surface area contributed by atoms with Gasteiger partial charge in [-0.05, 0) is 41.5 Å². The van der Waals surface area contributed by atoms with E-state index in [9.17, 15) is 43.2 Å². The van der Waals surface area contributed by atoms with Crippen LogP contribution in [0.2, 0.25) is 0 Å². The minimum Gasteiger partial charge on any atom is -0.481 e. The molecule has 0 aromatic heterocycles. The summed E-state index contributed by atoms with van der Waals surface area (Å²) in [5, 5.41) is 33.8. The Bertz CT molecular complexity index is 1080. The van der Waals surface area contributed by atoms with Crippen molar-refractivity contribution in [1.82, 2.24) is 37.2 Å². The van der Waals surface area contributed by atoms with Crippen LogP contribution < -0.4 is 37.2 Å². The van der Waals surface area contributed by atoms with E-state index in [-0.39, 0.29) is 0 Å². The fourth-order valence-corrected chi connectivity index (χ4v) is 3.06. The molecule has 0 fully saturated rings. The Morgan fingerprint density at radius 3 is 0.905 bits per heavy atom. The largest absolute Gasteiger partial charge is 0.481 e. The van der Waals surface area contributed by atoms with Crippen LogP contribution in [0.3, 0.4) is 0 Å². The van der Waals surface area contributed by atoms with Gasteiger partial charge in [0.15, 0.2) is 0 Å². The molecule has 0 heterocycles. The first-order valence-electron chi connectivity index (χ1n) is 12.8. The second kappa shape index (κ2) is 17.1. The number of carbonyl (C=O) groups is 9. The summed E-state index contributed by atoms with van der Waals surface area (Å²) in [5.74, 6) is -8.15. The number of carboxylic acids is 2. The van der Waals surface area contributed by atoms with Crippen LogP contribution in [0.5, 0.6) is 0 Å². The molecule has 7 atom stereocenters. The minimum absolute atomic E-state index is 0.434. The van der Waals surface area contributed by atoms with Gasteiger partial charge in [0, 0.05) is 6.92 Å². The molecule has 7 amide bonds. The molecular formula is C24H39N7O11. The maximum Gasteiger partial charge on any atom is 0.326 e. The van der Waals surface area contributed by atoms with Gasteiger partial charge in [-0.2, -0.15) is 0 Å². The number of amides is 7. The number of hydrogen-bond donors (Lipinski definition) is 9. The third-order valence-electron chi connectivity index (χ3n) is 5.57. The number of hydrogen-bond acceptors (Lipinski definition) is 9. The molecule has 0 aromatic carbocycles. The van der Waals surface area contributed by atoms with E-state index in [0.29, 0.717) is 0 Å². The average molecular weight is 602 g/mol. The van der Waals surface area contributed by atoms with Crippen LogP contribution in [0.25, 0.3) is 0 Å². The van der Waals surface area contributed by atoms with E-state index < -0.39 is 102 Å². The number of carbonyl (C=O) groups excluding carboxylic acids is 7. The quantitative estimate of drug-likeness (QED) is 0.0824. The Morgan fingerprint density at radius 2 is 0.690 bits per heavy atom. The zero-order valence-corrected chi connectivity index (χ0v) is 24.3. The number of rotatable bonds is 16. The SMILES string of the molecule is CC(=O)N[C@@H](C)C(=O)N[C@@H](C)C(=O)N[C@@H](C)C(=O)N[C@@H](C)C(=O)N[C@@H](C)C(=O)N[C@@H](C)C(=O)N[C@@H](CC(=O)O)C(=O)O. The van der Waals surface area contributed by atoms with Crippen molar-refractivity contribution < 1.29 is 53.4 Å². The number of nitrogens with one attached hydrogen (secondary N) is 7. The van der Waals surface area contributed by atoms with Crippen LogP contribution in [0.4, 0.5) is 0 Å². The van der Waals surface area contributed by atoms with Gasteiger partial charge in [-0.3, -0.25) is 38.4 Å². The monoisotopic (exact) mass is 601 g/mol. The van der Waals surface area contributed by atoms with Crippen LogP contribution in [0, 0.1) is 0 Å². The smallest absolute Gasteiger partial charge is 0.326 e. The summed E-state index contributed by atoms with van der Waals surface area (Å²) in [6, 6.07) is -8.45. The van der Waals surface area contributed by atoms with E-state index in [4.69, 9.17) is 10.2 Å². The maximum absolute atomic E-state index is 12.5. The highest BCUT2D eigenvalue weighted by atomic mass is 16.4. The van der Waals surface area contributed by atoms with Crippen molar-refractivity contribution >= 4 is 53.3 Å². The Hall–Kier alpha value is -4.77. The molecule has 0 unspecified atom stereocenters. The highest BCUT2D eigenvalue weighted by Gasteiger charge is 2.29. The second-order valence-electron chi connectivity index (χ2n) is 9.57. The molecule has 0 rings (SSSR count). The van der Waals surface area contributed by atoms with E-state index >= 15 is 0 Å². The zero-order valence-electron chi connectivity index (χ0n) is 24.3. The molecule has 0 aliphatic carbocycles. The van der Waals surface area contributed by atoms with E-state index in [1.807, 2.05) is 5.32 Å². The summed E-state index contributed by atoms with van der Waals surface area (Å²) in [5.41, 5.74) is 0. The fourth-order valence-electron chi connectivity index (χ4n) is 3.06. The van der Waals surface area contributed by atoms with Crippen molar-refractivity contribution in [2.75, 3.05) is 0 Å². The van der Waals surface area contributed by atoms with Gasteiger partial charge >= 0.3 is 11.9 Å². The van der Waals surface area contributed by atoms with Crippen LogP contribution in [0.15, 0.2) is 0 Å². The summed E-state index contributed by atoms with van der Waals surface area (Å²) < 4.78 is 0. The van der Waals surface area contributed by atoms with Gasteiger partial charge in [0.05, 0.1) is 6.42 Å². The molecule has 0 saturated carbocycles.